The van der Waals surface area contributed by atoms with Crippen LogP contribution in [0.3, 0.4) is 0 Å². The number of esters is 1. The third kappa shape index (κ3) is 3.47. The normalized spacial score (nSPS) is 15.0. The summed E-state index contributed by atoms with van der Waals surface area (Å²) in [5.74, 6) is 0.531. The molecule has 22 heavy (non-hydrogen) atoms. The average Bonchev–Trinajstić information content (AvgIpc) is 3.19. The average molecular weight is 317 g/mol. The Kier molecular flexibility index (Phi) is 4.73. The molecule has 0 radical (unpaired) electrons. The second kappa shape index (κ2) is 6.92. The van der Waals surface area contributed by atoms with Crippen molar-refractivity contribution in [1.29, 1.82) is 0 Å². The van der Waals surface area contributed by atoms with Gasteiger partial charge < -0.3 is 9.47 Å². The minimum Gasteiger partial charge on any atom is -0.494 e. The molecule has 1 aliphatic carbocycles. The van der Waals surface area contributed by atoms with Crippen molar-refractivity contribution >= 4 is 17.3 Å². The number of carbonyl (C=O) groups is 1. The topological polar surface area (TPSA) is 48.4 Å². The molecule has 0 spiro atoms. The molecule has 0 amide bonds. The van der Waals surface area contributed by atoms with Gasteiger partial charge in [-0.15, -0.1) is 11.3 Å². The summed E-state index contributed by atoms with van der Waals surface area (Å²) in [6.45, 7) is 2.60. The number of thiazole rings is 1. The molecular formula is C17H19NO3S. The van der Waals surface area contributed by atoms with E-state index in [1.165, 1.54) is 11.3 Å². The van der Waals surface area contributed by atoms with Gasteiger partial charge in [0.15, 0.2) is 5.69 Å². The molecule has 0 atom stereocenters. The molecule has 4 nitrogen and oxygen atoms in total. The molecule has 1 heterocycles. The molecule has 1 fully saturated rings. The van der Waals surface area contributed by atoms with Crippen LogP contribution in [-0.4, -0.2) is 23.7 Å². The van der Waals surface area contributed by atoms with Crippen molar-refractivity contribution in [3.8, 4) is 16.3 Å². The summed E-state index contributed by atoms with van der Waals surface area (Å²) < 4.78 is 10.9. The summed E-state index contributed by atoms with van der Waals surface area (Å²) in [6.07, 6.45) is 4.31. The highest BCUT2D eigenvalue weighted by Gasteiger charge is 2.21. The molecule has 2 aromatic rings. The van der Waals surface area contributed by atoms with E-state index < -0.39 is 0 Å². The second-order valence-electron chi connectivity index (χ2n) is 5.31. The molecular weight excluding hydrogens is 298 g/mol. The number of hydrogen-bond donors (Lipinski definition) is 0. The van der Waals surface area contributed by atoms with Crippen molar-refractivity contribution in [2.75, 3.05) is 6.61 Å². The first-order chi connectivity index (χ1) is 10.8. The van der Waals surface area contributed by atoms with Crippen LogP contribution in [-0.2, 0) is 4.74 Å². The zero-order valence-corrected chi connectivity index (χ0v) is 13.4. The fraction of sp³-hybridized carbons (Fsp3) is 0.412. The third-order valence-electron chi connectivity index (χ3n) is 3.70. The van der Waals surface area contributed by atoms with Crippen LogP contribution < -0.4 is 4.74 Å². The Balaban J connectivity index is 1.68. The van der Waals surface area contributed by atoms with Crippen LogP contribution in [0.2, 0.25) is 0 Å². The maximum absolute atomic E-state index is 12.1. The van der Waals surface area contributed by atoms with Gasteiger partial charge in [-0.3, -0.25) is 0 Å². The number of ether oxygens (including phenoxy) is 2. The molecule has 1 aromatic carbocycles. The van der Waals surface area contributed by atoms with Gasteiger partial charge in [-0.05, 0) is 56.9 Å². The van der Waals surface area contributed by atoms with Gasteiger partial charge in [0.05, 0.1) is 6.61 Å². The first-order valence-electron chi connectivity index (χ1n) is 7.66. The summed E-state index contributed by atoms with van der Waals surface area (Å²) in [7, 11) is 0. The fourth-order valence-corrected chi connectivity index (χ4v) is 3.37. The van der Waals surface area contributed by atoms with Gasteiger partial charge in [0.1, 0.15) is 16.9 Å². The van der Waals surface area contributed by atoms with Gasteiger partial charge in [0.2, 0.25) is 0 Å². The Morgan fingerprint density at radius 2 is 2.00 bits per heavy atom. The minimum absolute atomic E-state index is 0.0723. The quantitative estimate of drug-likeness (QED) is 0.771. The molecule has 5 heteroatoms. The maximum Gasteiger partial charge on any atom is 0.358 e. The molecule has 0 bridgehead atoms. The van der Waals surface area contributed by atoms with E-state index in [9.17, 15) is 4.79 Å². The van der Waals surface area contributed by atoms with Crippen LogP contribution >= 0.6 is 11.3 Å². The largest absolute Gasteiger partial charge is 0.494 e. The fourth-order valence-electron chi connectivity index (χ4n) is 2.58. The number of hydrogen-bond acceptors (Lipinski definition) is 5. The van der Waals surface area contributed by atoms with E-state index in [1.54, 1.807) is 5.38 Å². The van der Waals surface area contributed by atoms with Crippen LogP contribution in [0, 0.1) is 0 Å². The molecule has 116 valence electrons. The van der Waals surface area contributed by atoms with Crippen LogP contribution in [0.1, 0.15) is 43.1 Å². The lowest BCUT2D eigenvalue weighted by Crippen LogP contribution is -2.14. The zero-order chi connectivity index (χ0) is 15.4. The van der Waals surface area contributed by atoms with Crippen LogP contribution in [0.15, 0.2) is 29.6 Å². The number of nitrogens with zero attached hydrogens (tertiary/aromatic N) is 1. The maximum atomic E-state index is 12.1. The monoisotopic (exact) mass is 317 g/mol. The molecule has 0 saturated heterocycles. The predicted molar refractivity (Wildman–Crippen MR) is 86.4 cm³/mol. The lowest BCUT2D eigenvalue weighted by molar-refractivity contribution is 0.0312. The first-order valence-corrected chi connectivity index (χ1v) is 8.54. The SMILES string of the molecule is CCOc1ccc(-c2nc(C(=O)OC3CCCC3)cs2)cc1. The highest BCUT2D eigenvalue weighted by atomic mass is 32.1. The van der Waals surface area contributed by atoms with Gasteiger partial charge in [-0.25, -0.2) is 9.78 Å². The molecule has 1 aromatic heterocycles. The van der Waals surface area contributed by atoms with Crippen molar-refractivity contribution in [3.63, 3.8) is 0 Å². The van der Waals surface area contributed by atoms with Gasteiger partial charge in [-0.2, -0.15) is 0 Å². The second-order valence-corrected chi connectivity index (χ2v) is 6.17. The first kappa shape index (κ1) is 15.0. The smallest absolute Gasteiger partial charge is 0.358 e. The van der Waals surface area contributed by atoms with Crippen molar-refractivity contribution in [3.05, 3.63) is 35.3 Å². The highest BCUT2D eigenvalue weighted by molar-refractivity contribution is 7.13. The molecule has 3 rings (SSSR count). The number of carbonyl (C=O) groups excluding carboxylic acids is 1. The van der Waals surface area contributed by atoms with E-state index in [2.05, 4.69) is 4.98 Å². The summed E-state index contributed by atoms with van der Waals surface area (Å²) in [5.41, 5.74) is 1.38. The number of aromatic nitrogens is 1. The predicted octanol–water partition coefficient (Wildman–Crippen LogP) is 4.31. The Morgan fingerprint density at radius 1 is 1.27 bits per heavy atom. The zero-order valence-electron chi connectivity index (χ0n) is 12.6. The highest BCUT2D eigenvalue weighted by Crippen LogP contribution is 2.27. The van der Waals surface area contributed by atoms with Gasteiger partial charge in [-0.1, -0.05) is 0 Å². The van der Waals surface area contributed by atoms with Gasteiger partial charge in [0, 0.05) is 10.9 Å². The van der Waals surface area contributed by atoms with Crippen LogP contribution in [0.5, 0.6) is 5.75 Å². The third-order valence-corrected chi connectivity index (χ3v) is 4.59. The summed E-state index contributed by atoms with van der Waals surface area (Å²) in [5, 5.41) is 2.59. The van der Waals surface area contributed by atoms with E-state index in [1.807, 2.05) is 31.2 Å². The number of benzene rings is 1. The number of rotatable bonds is 5. The lowest BCUT2D eigenvalue weighted by Gasteiger charge is -2.09. The Hall–Kier alpha value is -1.88. The van der Waals surface area contributed by atoms with E-state index in [4.69, 9.17) is 9.47 Å². The summed E-state index contributed by atoms with van der Waals surface area (Å²) in [6, 6.07) is 7.74. The Morgan fingerprint density at radius 3 is 2.68 bits per heavy atom. The van der Waals surface area contributed by atoms with Gasteiger partial charge >= 0.3 is 5.97 Å². The van der Waals surface area contributed by atoms with Gasteiger partial charge in [0.25, 0.3) is 0 Å². The molecule has 1 aliphatic rings. The summed E-state index contributed by atoms with van der Waals surface area (Å²) >= 11 is 1.46. The molecule has 1 saturated carbocycles. The van der Waals surface area contributed by atoms with Crippen molar-refractivity contribution in [2.45, 2.75) is 38.7 Å². The summed E-state index contributed by atoms with van der Waals surface area (Å²) in [4.78, 5) is 16.5. The van der Waals surface area contributed by atoms with E-state index in [0.29, 0.717) is 12.3 Å². The molecule has 0 N–H and O–H groups in total. The lowest BCUT2D eigenvalue weighted by atomic mass is 10.2. The van der Waals surface area contributed by atoms with Crippen molar-refractivity contribution in [2.24, 2.45) is 0 Å². The van der Waals surface area contributed by atoms with Crippen molar-refractivity contribution < 1.29 is 14.3 Å². The standard InChI is InChI=1S/C17H19NO3S/c1-2-20-13-9-7-12(8-10-13)16-18-15(11-22-16)17(19)21-14-5-3-4-6-14/h7-11,14H,2-6H2,1H3. The van der Waals surface area contributed by atoms with E-state index in [-0.39, 0.29) is 12.1 Å². The van der Waals surface area contributed by atoms with E-state index >= 15 is 0 Å². The Labute approximate surface area is 134 Å². The molecule has 0 aliphatic heterocycles. The van der Waals surface area contributed by atoms with Crippen LogP contribution in [0.25, 0.3) is 10.6 Å². The minimum atomic E-state index is -0.305. The molecule has 0 unspecified atom stereocenters. The van der Waals surface area contributed by atoms with E-state index in [0.717, 1.165) is 42.0 Å². The Bertz CT molecular complexity index is 630. The van der Waals surface area contributed by atoms with Crippen LogP contribution in [0.4, 0.5) is 0 Å². The van der Waals surface area contributed by atoms with Crippen molar-refractivity contribution in [1.82, 2.24) is 4.98 Å².